The molecule has 19 heavy (non-hydrogen) atoms. The van der Waals surface area contributed by atoms with E-state index in [1.165, 1.54) is 0 Å². The number of hydrogen-bond acceptors (Lipinski definition) is 5. The Kier molecular flexibility index (Phi) is 12.2. The topological polar surface area (TPSA) is 57.0 Å². The van der Waals surface area contributed by atoms with Crippen LogP contribution in [0.1, 0.15) is 26.2 Å². The van der Waals surface area contributed by atoms with Gasteiger partial charge in [0.15, 0.2) is 0 Å². The number of nitrogens with zero attached hydrogens (tertiary/aromatic N) is 1. The molecule has 0 rings (SSSR count). The van der Waals surface area contributed by atoms with E-state index in [1.54, 1.807) is 21.3 Å². The van der Waals surface area contributed by atoms with Crippen molar-refractivity contribution in [3.8, 4) is 0 Å². The smallest absolute Gasteiger partial charge is 0.0468 e. The summed E-state index contributed by atoms with van der Waals surface area (Å²) in [5, 5.41) is 0. The van der Waals surface area contributed by atoms with E-state index in [9.17, 15) is 0 Å². The van der Waals surface area contributed by atoms with Gasteiger partial charge in [-0.2, -0.15) is 0 Å². The molecule has 1 atom stereocenters. The van der Waals surface area contributed by atoms with Crippen molar-refractivity contribution in [3.05, 3.63) is 0 Å². The summed E-state index contributed by atoms with van der Waals surface area (Å²) in [6.45, 7) is 6.39. The third-order valence-electron chi connectivity index (χ3n) is 3.60. The van der Waals surface area contributed by atoms with E-state index in [0.29, 0.717) is 8.88 Å². The average Bonchev–Trinajstić information content (AvgIpc) is 2.45. The first-order valence-electron chi connectivity index (χ1n) is 6.86. The molecule has 6 heteroatoms. The number of hydrogen-bond donors (Lipinski definition) is 1. The second-order valence-electron chi connectivity index (χ2n) is 4.87. The molecule has 0 saturated carbocycles. The maximum absolute atomic E-state index is 5.84. The normalized spacial score (nSPS) is 12.9. The van der Waals surface area contributed by atoms with Crippen LogP contribution < -0.4 is 5.50 Å². The fourth-order valence-corrected chi connectivity index (χ4v) is 2.83. The fraction of sp³-hybridized carbons (Fsp3) is 1.00. The highest BCUT2D eigenvalue weighted by Gasteiger charge is 2.31. The second-order valence-corrected chi connectivity index (χ2v) is 5.76. The molecule has 0 amide bonds. The Bertz CT molecular complexity index is 183. The van der Waals surface area contributed by atoms with E-state index in [-0.39, 0.29) is 5.41 Å². The number of methoxy groups -OCH3 is 3. The standard InChI is InChI=1S/C13H31N2O3P/c1-5-15(19-14)12-13(6-9-16-2,7-10-17-3)8-11-18-4/h19H,5-12,14H2,1-4H3. The highest BCUT2D eigenvalue weighted by atomic mass is 31.1. The van der Waals surface area contributed by atoms with E-state index in [1.807, 2.05) is 0 Å². The van der Waals surface area contributed by atoms with Crippen molar-refractivity contribution in [1.82, 2.24) is 4.67 Å². The summed E-state index contributed by atoms with van der Waals surface area (Å²) in [6, 6.07) is 0. The molecule has 0 aromatic rings. The quantitative estimate of drug-likeness (QED) is 0.526. The minimum Gasteiger partial charge on any atom is -0.385 e. The van der Waals surface area contributed by atoms with Gasteiger partial charge in [0.2, 0.25) is 0 Å². The van der Waals surface area contributed by atoms with Gasteiger partial charge >= 0.3 is 0 Å². The van der Waals surface area contributed by atoms with Crippen LogP contribution in [0.3, 0.4) is 0 Å². The molecule has 0 saturated heterocycles. The van der Waals surface area contributed by atoms with Gasteiger partial charge in [0, 0.05) is 63.1 Å². The zero-order chi connectivity index (χ0) is 14.6. The molecule has 0 spiro atoms. The van der Waals surface area contributed by atoms with Gasteiger partial charge in [0.05, 0.1) is 0 Å². The molecular formula is C13H31N2O3P. The van der Waals surface area contributed by atoms with E-state index in [2.05, 4.69) is 11.6 Å². The third-order valence-corrected chi connectivity index (χ3v) is 4.44. The molecule has 1 unspecified atom stereocenters. The van der Waals surface area contributed by atoms with Crippen LogP contribution >= 0.6 is 8.88 Å². The van der Waals surface area contributed by atoms with E-state index in [4.69, 9.17) is 19.7 Å². The number of nitrogens with two attached hydrogens (primary N) is 1. The van der Waals surface area contributed by atoms with Gasteiger partial charge in [0.25, 0.3) is 0 Å². The van der Waals surface area contributed by atoms with Crippen molar-refractivity contribution in [2.75, 3.05) is 54.2 Å². The van der Waals surface area contributed by atoms with Crippen LogP contribution in [0.4, 0.5) is 0 Å². The molecule has 0 heterocycles. The summed E-state index contributed by atoms with van der Waals surface area (Å²) in [7, 11) is 5.60. The maximum atomic E-state index is 5.84. The lowest BCUT2D eigenvalue weighted by Crippen LogP contribution is -2.37. The Hall–Kier alpha value is 0.230. The number of rotatable bonds is 13. The summed E-state index contributed by atoms with van der Waals surface area (Å²) in [5.41, 5.74) is 5.99. The van der Waals surface area contributed by atoms with Gasteiger partial charge < -0.3 is 14.2 Å². The van der Waals surface area contributed by atoms with E-state index in [0.717, 1.165) is 52.2 Å². The van der Waals surface area contributed by atoms with Gasteiger partial charge in [-0.1, -0.05) is 6.92 Å². The molecule has 5 nitrogen and oxygen atoms in total. The van der Waals surface area contributed by atoms with Gasteiger partial charge in [-0.25, -0.2) is 0 Å². The van der Waals surface area contributed by atoms with E-state index < -0.39 is 0 Å². The van der Waals surface area contributed by atoms with Crippen LogP contribution in [0.5, 0.6) is 0 Å². The Morgan fingerprint density at radius 3 is 1.63 bits per heavy atom. The van der Waals surface area contributed by atoms with Crippen LogP contribution in [0.25, 0.3) is 0 Å². The minimum absolute atomic E-state index is 0.157. The Labute approximate surface area is 120 Å². The molecule has 116 valence electrons. The zero-order valence-corrected chi connectivity index (χ0v) is 13.9. The minimum atomic E-state index is 0.157. The van der Waals surface area contributed by atoms with Crippen LogP contribution in [-0.2, 0) is 14.2 Å². The first-order chi connectivity index (χ1) is 9.17. The van der Waals surface area contributed by atoms with Gasteiger partial charge in [-0.15, -0.1) is 0 Å². The van der Waals surface area contributed by atoms with Crippen LogP contribution in [0, 0.1) is 5.41 Å². The van der Waals surface area contributed by atoms with E-state index >= 15 is 0 Å². The monoisotopic (exact) mass is 294 g/mol. The lowest BCUT2D eigenvalue weighted by molar-refractivity contribution is 0.0503. The van der Waals surface area contributed by atoms with Gasteiger partial charge in [0.1, 0.15) is 0 Å². The lowest BCUT2D eigenvalue weighted by atomic mass is 9.78. The summed E-state index contributed by atoms with van der Waals surface area (Å²) in [6.07, 6.45) is 3.03. The first-order valence-corrected chi connectivity index (χ1v) is 7.88. The summed E-state index contributed by atoms with van der Waals surface area (Å²) in [5.74, 6) is 0. The first kappa shape index (κ1) is 19.2. The van der Waals surface area contributed by atoms with Crippen molar-refractivity contribution >= 4 is 8.88 Å². The Morgan fingerprint density at radius 2 is 1.37 bits per heavy atom. The predicted molar refractivity (Wildman–Crippen MR) is 81.7 cm³/mol. The van der Waals surface area contributed by atoms with Crippen molar-refractivity contribution < 1.29 is 14.2 Å². The summed E-state index contributed by atoms with van der Waals surface area (Å²) in [4.78, 5) is 0. The third kappa shape index (κ3) is 8.18. The van der Waals surface area contributed by atoms with Gasteiger partial charge in [-0.05, 0) is 24.7 Å². The van der Waals surface area contributed by atoms with Crippen LogP contribution in [0.15, 0.2) is 0 Å². The largest absolute Gasteiger partial charge is 0.385 e. The predicted octanol–water partition coefficient (Wildman–Crippen LogP) is 1.87. The molecule has 0 aliphatic heterocycles. The van der Waals surface area contributed by atoms with Crippen molar-refractivity contribution in [2.24, 2.45) is 10.9 Å². The SMILES string of the molecule is CCN(CC(CCOC)(CCOC)CCOC)PN. The molecule has 0 aromatic carbocycles. The Morgan fingerprint density at radius 1 is 0.947 bits per heavy atom. The zero-order valence-electron chi connectivity index (χ0n) is 12.9. The fourth-order valence-electron chi connectivity index (χ4n) is 2.22. The molecule has 0 aromatic heterocycles. The second kappa shape index (κ2) is 12.0. The molecule has 2 N–H and O–H groups in total. The molecular weight excluding hydrogens is 263 g/mol. The van der Waals surface area contributed by atoms with Crippen molar-refractivity contribution in [2.45, 2.75) is 26.2 Å². The number of ether oxygens (including phenoxy) is 3. The molecule has 0 radical (unpaired) electrons. The summed E-state index contributed by atoms with van der Waals surface area (Å²) < 4.78 is 18.1. The summed E-state index contributed by atoms with van der Waals surface area (Å²) >= 11 is 0. The van der Waals surface area contributed by atoms with Crippen LogP contribution in [0.2, 0.25) is 0 Å². The highest BCUT2D eigenvalue weighted by molar-refractivity contribution is 7.32. The molecule has 0 aliphatic carbocycles. The molecule has 0 fully saturated rings. The maximum Gasteiger partial charge on any atom is 0.0468 e. The lowest BCUT2D eigenvalue weighted by Gasteiger charge is -2.37. The van der Waals surface area contributed by atoms with Crippen molar-refractivity contribution in [1.29, 1.82) is 0 Å². The van der Waals surface area contributed by atoms with Crippen molar-refractivity contribution in [3.63, 3.8) is 0 Å². The van der Waals surface area contributed by atoms with Gasteiger partial charge in [-0.3, -0.25) is 10.2 Å². The Balaban J connectivity index is 4.74. The highest BCUT2D eigenvalue weighted by Crippen LogP contribution is 2.34. The molecule has 0 aliphatic rings. The van der Waals surface area contributed by atoms with Crippen LogP contribution in [-0.4, -0.2) is 58.9 Å². The molecule has 0 bridgehead atoms. The average molecular weight is 294 g/mol.